The van der Waals surface area contributed by atoms with E-state index in [0.29, 0.717) is 34.9 Å². The minimum absolute atomic E-state index is 0.0112. The smallest absolute Gasteiger partial charge is 0.269 e. The zero-order chi connectivity index (χ0) is 22.6. The van der Waals surface area contributed by atoms with Gasteiger partial charge in [-0.05, 0) is 18.9 Å². The Bertz CT molecular complexity index is 1250. The number of nitrogens with zero attached hydrogens (tertiary/aromatic N) is 4. The summed E-state index contributed by atoms with van der Waals surface area (Å²) in [5.74, 6) is -0.478. The van der Waals surface area contributed by atoms with Crippen LogP contribution in [-0.2, 0) is 10.4 Å². The van der Waals surface area contributed by atoms with E-state index in [4.69, 9.17) is 16.0 Å². The minimum atomic E-state index is -1.72. The molecule has 2 aromatic heterocycles. The van der Waals surface area contributed by atoms with Crippen LogP contribution in [0.5, 0.6) is 0 Å². The number of primary amides is 1. The van der Waals surface area contributed by atoms with Gasteiger partial charge >= 0.3 is 0 Å². The van der Waals surface area contributed by atoms with Crippen molar-refractivity contribution < 1.29 is 19.2 Å². The van der Waals surface area contributed by atoms with Crippen LogP contribution >= 0.6 is 0 Å². The average Bonchev–Trinajstić information content (AvgIpc) is 3.44. The van der Waals surface area contributed by atoms with Crippen molar-refractivity contribution >= 4 is 17.5 Å². The first-order chi connectivity index (χ1) is 15.3. The summed E-state index contributed by atoms with van der Waals surface area (Å²) in [6, 6.07) is 8.76. The molecule has 10 heteroatoms. The van der Waals surface area contributed by atoms with Gasteiger partial charge in [0.2, 0.25) is 5.60 Å². The number of nitrogens with two attached hydrogens (primary N) is 2. The number of nitrogen functional groups attached to an aromatic ring is 1. The van der Waals surface area contributed by atoms with Crippen molar-refractivity contribution in [3.63, 3.8) is 0 Å². The maximum atomic E-state index is 12.3. The van der Waals surface area contributed by atoms with Gasteiger partial charge in [0.15, 0.2) is 17.3 Å². The fourth-order valence-corrected chi connectivity index (χ4v) is 3.98. The molecule has 10 nitrogen and oxygen atoms in total. The lowest BCUT2D eigenvalue weighted by Crippen LogP contribution is -2.35. The van der Waals surface area contributed by atoms with E-state index in [-0.39, 0.29) is 29.5 Å². The SMILES string of the molecule is CN1CC[C@@](O)(c2cc(-c3cccc(-c4nc(C(N)=O)c(N)c(C5CC5)n4)c3)no2)C1=O. The van der Waals surface area contributed by atoms with Crippen LogP contribution in [0.2, 0.25) is 0 Å². The Kier molecular flexibility index (Phi) is 4.48. The van der Waals surface area contributed by atoms with E-state index < -0.39 is 17.4 Å². The maximum absolute atomic E-state index is 12.3. The molecule has 2 amide bonds. The first-order valence-corrected chi connectivity index (χ1v) is 10.3. The lowest BCUT2D eigenvalue weighted by molar-refractivity contribution is -0.144. The lowest BCUT2D eigenvalue weighted by Gasteiger charge is -2.16. The predicted molar refractivity (Wildman–Crippen MR) is 114 cm³/mol. The summed E-state index contributed by atoms with van der Waals surface area (Å²) in [4.78, 5) is 34.6. The summed E-state index contributed by atoms with van der Waals surface area (Å²) in [5.41, 5.74) is 12.5. The van der Waals surface area contributed by atoms with E-state index in [0.717, 1.165) is 12.8 Å². The number of hydrogen-bond acceptors (Lipinski definition) is 8. The molecule has 3 heterocycles. The van der Waals surface area contributed by atoms with E-state index in [1.165, 1.54) is 4.90 Å². The van der Waals surface area contributed by atoms with Gasteiger partial charge < -0.3 is 26.0 Å². The third-order valence-electron chi connectivity index (χ3n) is 6.02. The molecule has 0 spiro atoms. The van der Waals surface area contributed by atoms with Gasteiger partial charge in [-0.15, -0.1) is 0 Å². The zero-order valence-corrected chi connectivity index (χ0v) is 17.4. The number of aromatic nitrogens is 3. The molecule has 5 N–H and O–H groups in total. The van der Waals surface area contributed by atoms with Crippen molar-refractivity contribution in [2.75, 3.05) is 19.3 Å². The highest BCUT2D eigenvalue weighted by atomic mass is 16.5. The number of likely N-dealkylation sites (N-methyl/N-ethyl adjacent to an activating group) is 1. The van der Waals surface area contributed by atoms with Crippen LogP contribution in [0.3, 0.4) is 0 Å². The largest absolute Gasteiger partial charge is 0.395 e. The Morgan fingerprint density at radius 3 is 2.66 bits per heavy atom. The number of anilines is 1. The normalized spacial score (nSPS) is 20.7. The number of hydrogen-bond donors (Lipinski definition) is 3. The quantitative estimate of drug-likeness (QED) is 0.543. The number of likely N-dealkylation sites (tertiary alicyclic amines) is 1. The Morgan fingerprint density at radius 2 is 2.00 bits per heavy atom. The van der Waals surface area contributed by atoms with E-state index in [1.54, 1.807) is 31.3 Å². The van der Waals surface area contributed by atoms with Gasteiger partial charge in [0.25, 0.3) is 11.8 Å². The molecule has 3 aromatic rings. The number of rotatable bonds is 5. The second kappa shape index (κ2) is 7.13. The molecule has 2 fully saturated rings. The standard InChI is InChI=1S/C22H22N6O4/c1-28-8-7-22(31,21(28)30)15-10-14(27-32-15)12-3-2-4-13(9-12)20-25-17(11-5-6-11)16(23)18(26-20)19(24)29/h2-4,9-11,31H,5-8,23H2,1H3,(H2,24,29)/t22-/m1/s1. The number of aliphatic hydroxyl groups is 1. The monoisotopic (exact) mass is 434 g/mol. The van der Waals surface area contributed by atoms with Gasteiger partial charge in [0, 0.05) is 43.1 Å². The second-order valence-electron chi connectivity index (χ2n) is 8.33. The molecule has 0 bridgehead atoms. The third-order valence-corrected chi connectivity index (χ3v) is 6.02. The summed E-state index contributed by atoms with van der Waals surface area (Å²) in [6.45, 7) is 0.431. The van der Waals surface area contributed by atoms with Crippen LogP contribution < -0.4 is 11.5 Å². The molecule has 0 radical (unpaired) electrons. The molecule has 1 aliphatic heterocycles. The molecule has 1 saturated heterocycles. The Balaban J connectivity index is 1.52. The molecule has 32 heavy (non-hydrogen) atoms. The molecule has 2 aliphatic rings. The molecule has 1 aromatic carbocycles. The lowest BCUT2D eigenvalue weighted by atomic mass is 9.98. The molecule has 1 atom stereocenters. The molecular formula is C22H22N6O4. The summed E-state index contributed by atoms with van der Waals surface area (Å²) >= 11 is 0. The summed E-state index contributed by atoms with van der Waals surface area (Å²) in [7, 11) is 1.63. The van der Waals surface area contributed by atoms with Crippen LogP contribution in [0.25, 0.3) is 22.6 Å². The van der Waals surface area contributed by atoms with Crippen molar-refractivity contribution in [3.8, 4) is 22.6 Å². The molecule has 164 valence electrons. The first kappa shape index (κ1) is 20.1. The topological polar surface area (TPSA) is 161 Å². The van der Waals surface area contributed by atoms with E-state index in [9.17, 15) is 14.7 Å². The molecular weight excluding hydrogens is 412 g/mol. The van der Waals surface area contributed by atoms with Crippen molar-refractivity contribution in [2.45, 2.75) is 30.8 Å². The minimum Gasteiger partial charge on any atom is -0.395 e. The fraction of sp³-hybridized carbons (Fsp3) is 0.318. The van der Waals surface area contributed by atoms with Gasteiger partial charge in [-0.3, -0.25) is 9.59 Å². The fourth-order valence-electron chi connectivity index (χ4n) is 3.98. The predicted octanol–water partition coefficient (Wildman–Crippen LogP) is 1.41. The third kappa shape index (κ3) is 3.19. The highest BCUT2D eigenvalue weighted by Crippen LogP contribution is 2.43. The number of carbonyl (C=O) groups is 2. The Labute approximate surface area is 183 Å². The van der Waals surface area contributed by atoms with Crippen molar-refractivity contribution in [1.82, 2.24) is 20.0 Å². The van der Waals surface area contributed by atoms with Crippen LogP contribution in [0.1, 0.15) is 47.1 Å². The number of carbonyl (C=O) groups excluding carboxylic acids is 2. The summed E-state index contributed by atoms with van der Waals surface area (Å²) in [6.07, 6.45) is 2.14. The van der Waals surface area contributed by atoms with Gasteiger partial charge in [-0.1, -0.05) is 23.4 Å². The number of amides is 2. The van der Waals surface area contributed by atoms with Gasteiger partial charge in [-0.25, -0.2) is 9.97 Å². The van der Waals surface area contributed by atoms with Gasteiger partial charge in [-0.2, -0.15) is 0 Å². The second-order valence-corrected chi connectivity index (χ2v) is 8.33. The van der Waals surface area contributed by atoms with Crippen LogP contribution in [0.4, 0.5) is 5.69 Å². The summed E-state index contributed by atoms with van der Waals surface area (Å²) in [5, 5.41) is 14.8. The van der Waals surface area contributed by atoms with E-state index in [1.807, 2.05) is 6.07 Å². The van der Waals surface area contributed by atoms with Crippen molar-refractivity contribution in [2.24, 2.45) is 5.73 Å². The first-order valence-electron chi connectivity index (χ1n) is 10.3. The van der Waals surface area contributed by atoms with Crippen LogP contribution in [0, 0.1) is 0 Å². The molecule has 1 saturated carbocycles. The van der Waals surface area contributed by atoms with Crippen LogP contribution in [-0.4, -0.2) is 50.5 Å². The number of benzene rings is 1. The molecule has 5 rings (SSSR count). The van der Waals surface area contributed by atoms with Crippen LogP contribution in [0.15, 0.2) is 34.9 Å². The van der Waals surface area contributed by atoms with Gasteiger partial charge in [0.05, 0.1) is 11.4 Å². The molecule has 0 unspecified atom stereocenters. The van der Waals surface area contributed by atoms with Gasteiger partial charge in [0.1, 0.15) is 5.69 Å². The highest BCUT2D eigenvalue weighted by Gasteiger charge is 2.48. The summed E-state index contributed by atoms with van der Waals surface area (Å²) < 4.78 is 5.34. The highest BCUT2D eigenvalue weighted by molar-refractivity contribution is 5.97. The van der Waals surface area contributed by atoms with Crippen molar-refractivity contribution in [3.05, 3.63) is 47.5 Å². The van der Waals surface area contributed by atoms with E-state index in [2.05, 4.69) is 15.1 Å². The average molecular weight is 434 g/mol. The molecule has 1 aliphatic carbocycles. The maximum Gasteiger partial charge on any atom is 0.269 e. The van der Waals surface area contributed by atoms with E-state index >= 15 is 0 Å². The Morgan fingerprint density at radius 1 is 1.25 bits per heavy atom. The Hall–Kier alpha value is -3.79. The van der Waals surface area contributed by atoms with Crippen molar-refractivity contribution in [1.29, 1.82) is 0 Å². The zero-order valence-electron chi connectivity index (χ0n) is 17.4.